The molecule has 0 radical (unpaired) electrons. The number of rotatable bonds is 4. The Bertz CT molecular complexity index is 627. The van der Waals surface area contributed by atoms with Crippen LogP contribution in [0.2, 0.25) is 5.02 Å². The highest BCUT2D eigenvalue weighted by Gasteiger charge is 2.15. The lowest BCUT2D eigenvalue weighted by molar-refractivity contribution is 0.290. The van der Waals surface area contributed by atoms with Crippen LogP contribution in [0.25, 0.3) is 0 Å². The molecule has 2 aromatic rings. The molecule has 0 spiro atoms. The van der Waals surface area contributed by atoms with Crippen molar-refractivity contribution in [3.63, 3.8) is 0 Å². The number of nitrogens with zero attached hydrogens (tertiary/aromatic N) is 2. The van der Waals surface area contributed by atoms with Crippen molar-refractivity contribution in [2.75, 3.05) is 31.1 Å². The summed E-state index contributed by atoms with van der Waals surface area (Å²) in [5.74, 6) is -0.363. The summed E-state index contributed by atoms with van der Waals surface area (Å²) in [5, 5.41) is 3.59. The van der Waals surface area contributed by atoms with Gasteiger partial charge >= 0.3 is 0 Å². The molecule has 0 aliphatic carbocycles. The first-order valence-corrected chi connectivity index (χ1v) is 7.59. The van der Waals surface area contributed by atoms with Gasteiger partial charge < -0.3 is 15.0 Å². The van der Waals surface area contributed by atoms with Gasteiger partial charge in [0.1, 0.15) is 6.61 Å². The second-order valence-corrected chi connectivity index (χ2v) is 5.49. The molecule has 2 heterocycles. The number of aromatic nitrogens is 1. The second kappa shape index (κ2) is 6.94. The zero-order valence-electron chi connectivity index (χ0n) is 12.1. The number of piperazine rings is 1. The molecular formula is C16H17ClFN3O. The van der Waals surface area contributed by atoms with Crippen molar-refractivity contribution in [1.82, 2.24) is 10.3 Å². The number of para-hydroxylation sites is 1. The summed E-state index contributed by atoms with van der Waals surface area (Å²) in [6.45, 7) is 3.96. The van der Waals surface area contributed by atoms with Crippen molar-refractivity contribution in [3.8, 4) is 5.75 Å². The van der Waals surface area contributed by atoms with Crippen LogP contribution in [0, 0.1) is 5.82 Å². The molecule has 1 aromatic carbocycles. The maximum absolute atomic E-state index is 13.8. The van der Waals surface area contributed by atoms with E-state index in [9.17, 15) is 4.39 Å². The lowest BCUT2D eigenvalue weighted by atomic mass is 10.2. The van der Waals surface area contributed by atoms with Crippen LogP contribution in [0.4, 0.5) is 10.1 Å². The summed E-state index contributed by atoms with van der Waals surface area (Å²) in [6, 6.07) is 6.41. The Labute approximate surface area is 133 Å². The first-order chi connectivity index (χ1) is 10.8. The van der Waals surface area contributed by atoms with Crippen LogP contribution < -0.4 is 15.0 Å². The molecule has 22 heavy (non-hydrogen) atoms. The van der Waals surface area contributed by atoms with Crippen molar-refractivity contribution >= 4 is 17.3 Å². The molecule has 3 rings (SSSR count). The lowest BCUT2D eigenvalue weighted by Crippen LogP contribution is -2.44. The van der Waals surface area contributed by atoms with Crippen molar-refractivity contribution in [2.45, 2.75) is 6.61 Å². The Morgan fingerprint density at radius 3 is 2.86 bits per heavy atom. The minimum Gasteiger partial charge on any atom is -0.484 e. The highest BCUT2D eigenvalue weighted by atomic mass is 35.5. The zero-order chi connectivity index (χ0) is 15.4. The van der Waals surface area contributed by atoms with Gasteiger partial charge in [-0.2, -0.15) is 0 Å². The fourth-order valence-corrected chi connectivity index (χ4v) is 2.72. The van der Waals surface area contributed by atoms with Gasteiger partial charge in [-0.25, -0.2) is 4.39 Å². The van der Waals surface area contributed by atoms with E-state index in [1.807, 2.05) is 12.3 Å². The van der Waals surface area contributed by atoms with Crippen LogP contribution in [0.15, 0.2) is 36.7 Å². The smallest absolute Gasteiger partial charge is 0.174 e. The van der Waals surface area contributed by atoms with Gasteiger partial charge in [-0.3, -0.25) is 4.98 Å². The summed E-state index contributed by atoms with van der Waals surface area (Å²) < 4.78 is 19.4. The average Bonchev–Trinajstić information content (AvgIpc) is 2.56. The first kappa shape index (κ1) is 15.1. The van der Waals surface area contributed by atoms with Crippen molar-refractivity contribution in [1.29, 1.82) is 0 Å². The molecule has 0 bridgehead atoms. The molecule has 0 unspecified atom stereocenters. The summed E-state index contributed by atoms with van der Waals surface area (Å²) in [7, 11) is 0. The van der Waals surface area contributed by atoms with Gasteiger partial charge in [-0.15, -0.1) is 0 Å². The first-order valence-electron chi connectivity index (χ1n) is 7.21. The number of anilines is 1. The molecule has 1 fully saturated rings. The average molecular weight is 322 g/mol. The van der Waals surface area contributed by atoms with Crippen molar-refractivity contribution in [3.05, 3.63) is 53.1 Å². The maximum atomic E-state index is 13.8. The molecule has 4 nitrogen and oxygen atoms in total. The van der Waals surface area contributed by atoms with E-state index >= 15 is 0 Å². The number of nitrogens with one attached hydrogen (secondary N) is 1. The summed E-state index contributed by atoms with van der Waals surface area (Å²) >= 11 is 5.99. The van der Waals surface area contributed by atoms with E-state index in [0.717, 1.165) is 37.4 Å². The van der Waals surface area contributed by atoms with E-state index in [2.05, 4.69) is 15.2 Å². The Hall–Kier alpha value is -1.85. The number of halogens is 2. The van der Waals surface area contributed by atoms with Crippen molar-refractivity contribution in [2.24, 2.45) is 0 Å². The van der Waals surface area contributed by atoms with Crippen LogP contribution >= 0.6 is 11.6 Å². The maximum Gasteiger partial charge on any atom is 0.174 e. The normalized spacial score (nSPS) is 14.9. The number of benzene rings is 1. The van der Waals surface area contributed by atoms with Crippen LogP contribution in [-0.4, -0.2) is 31.2 Å². The molecule has 1 aliphatic heterocycles. The third kappa shape index (κ3) is 3.31. The molecule has 1 aromatic heterocycles. The highest BCUT2D eigenvalue weighted by molar-refractivity contribution is 6.32. The van der Waals surface area contributed by atoms with E-state index in [0.29, 0.717) is 0 Å². The fraction of sp³-hybridized carbons (Fsp3) is 0.312. The topological polar surface area (TPSA) is 37.4 Å². The van der Waals surface area contributed by atoms with E-state index in [1.165, 1.54) is 6.07 Å². The molecular weight excluding hydrogens is 305 g/mol. The molecule has 1 N–H and O–H groups in total. The molecule has 0 amide bonds. The van der Waals surface area contributed by atoms with Crippen LogP contribution in [0.5, 0.6) is 5.75 Å². The molecule has 0 saturated carbocycles. The number of ether oxygens (including phenoxy) is 1. The summed E-state index contributed by atoms with van der Waals surface area (Å²) in [5.41, 5.74) is 1.99. The highest BCUT2D eigenvalue weighted by Crippen LogP contribution is 2.29. The predicted molar refractivity (Wildman–Crippen MR) is 85.1 cm³/mol. The fourth-order valence-electron chi connectivity index (χ4n) is 2.50. The van der Waals surface area contributed by atoms with Gasteiger partial charge in [0, 0.05) is 37.9 Å². The monoisotopic (exact) mass is 321 g/mol. The number of pyridine rings is 1. The van der Waals surface area contributed by atoms with Gasteiger partial charge in [0.15, 0.2) is 11.6 Å². The molecule has 1 saturated heterocycles. The quantitative estimate of drug-likeness (QED) is 0.939. The number of hydrogen-bond acceptors (Lipinski definition) is 4. The molecule has 116 valence electrons. The Kier molecular flexibility index (Phi) is 4.75. The predicted octanol–water partition coefficient (Wildman–Crippen LogP) is 2.86. The molecule has 6 heteroatoms. The Morgan fingerprint density at radius 1 is 1.27 bits per heavy atom. The largest absolute Gasteiger partial charge is 0.484 e. The summed E-state index contributed by atoms with van der Waals surface area (Å²) in [6.07, 6.45) is 3.54. The van der Waals surface area contributed by atoms with E-state index in [4.69, 9.17) is 16.3 Å². The number of hydrogen-bond donors (Lipinski definition) is 1. The van der Waals surface area contributed by atoms with E-state index < -0.39 is 5.82 Å². The second-order valence-electron chi connectivity index (χ2n) is 5.08. The third-order valence-corrected chi connectivity index (χ3v) is 3.93. The van der Waals surface area contributed by atoms with Gasteiger partial charge in [0.25, 0.3) is 0 Å². The Balaban J connectivity index is 1.78. The standard InChI is InChI=1S/C16H17ClFN3O/c17-13-2-1-3-14(18)16(13)22-11-12-4-5-20-10-15(12)21-8-6-19-7-9-21/h1-5,10,19H,6-9,11H2. The third-order valence-electron chi connectivity index (χ3n) is 3.64. The summed E-state index contributed by atoms with van der Waals surface area (Å²) in [4.78, 5) is 6.45. The van der Waals surface area contributed by atoms with Gasteiger partial charge in [-0.05, 0) is 18.2 Å². The van der Waals surface area contributed by atoms with Crippen LogP contribution in [0.1, 0.15) is 5.56 Å². The van der Waals surface area contributed by atoms with Crippen molar-refractivity contribution < 1.29 is 9.13 Å². The van der Waals surface area contributed by atoms with E-state index in [1.54, 1.807) is 18.3 Å². The van der Waals surface area contributed by atoms with E-state index in [-0.39, 0.29) is 17.4 Å². The minimum absolute atomic E-state index is 0.0900. The molecule has 1 aliphatic rings. The van der Waals surface area contributed by atoms with Gasteiger partial charge in [0.05, 0.1) is 16.9 Å². The SMILES string of the molecule is Fc1cccc(Cl)c1OCc1ccncc1N1CCNCC1. The lowest BCUT2D eigenvalue weighted by Gasteiger charge is -2.30. The van der Waals surface area contributed by atoms with Gasteiger partial charge in [-0.1, -0.05) is 17.7 Å². The Morgan fingerprint density at radius 2 is 2.09 bits per heavy atom. The van der Waals surface area contributed by atoms with Crippen LogP contribution in [-0.2, 0) is 6.61 Å². The minimum atomic E-state index is -0.453. The zero-order valence-corrected chi connectivity index (χ0v) is 12.8. The van der Waals surface area contributed by atoms with Gasteiger partial charge in [0.2, 0.25) is 0 Å². The molecule has 0 atom stereocenters. The van der Waals surface area contributed by atoms with Crippen LogP contribution in [0.3, 0.4) is 0 Å².